The number of hydrogen-bond acceptors (Lipinski definition) is 2. The van der Waals surface area contributed by atoms with Crippen molar-refractivity contribution in [2.75, 3.05) is 6.54 Å². The van der Waals surface area contributed by atoms with Crippen molar-refractivity contribution in [3.63, 3.8) is 0 Å². The van der Waals surface area contributed by atoms with Crippen LogP contribution in [-0.2, 0) is 0 Å². The van der Waals surface area contributed by atoms with Gasteiger partial charge in [0.15, 0.2) is 0 Å². The Hall–Kier alpha value is -0.290. The van der Waals surface area contributed by atoms with Crippen molar-refractivity contribution >= 4 is 45.8 Å². The normalized spacial score (nSPS) is 10.8. The summed E-state index contributed by atoms with van der Waals surface area (Å²) in [6, 6.07) is 5.21. The van der Waals surface area contributed by atoms with Gasteiger partial charge in [0.05, 0.1) is 16.1 Å². The van der Waals surface area contributed by atoms with E-state index in [9.17, 15) is 4.79 Å². The maximum absolute atomic E-state index is 12.2. The summed E-state index contributed by atoms with van der Waals surface area (Å²) in [7, 11) is 0. The molecule has 0 fully saturated rings. The first-order valence-electron chi connectivity index (χ1n) is 5.95. The highest BCUT2D eigenvalue weighted by Gasteiger charge is 2.27. The van der Waals surface area contributed by atoms with Gasteiger partial charge in [0.25, 0.3) is 5.91 Å². The van der Waals surface area contributed by atoms with Crippen LogP contribution >= 0.6 is 39.9 Å². The molecule has 3 nitrogen and oxygen atoms in total. The van der Waals surface area contributed by atoms with E-state index in [0.29, 0.717) is 17.1 Å². The van der Waals surface area contributed by atoms with Gasteiger partial charge in [0.1, 0.15) is 0 Å². The summed E-state index contributed by atoms with van der Waals surface area (Å²) in [5.41, 5.74) is 5.87. The van der Waals surface area contributed by atoms with E-state index < -0.39 is 0 Å². The zero-order valence-electron chi connectivity index (χ0n) is 11.0. The van der Waals surface area contributed by atoms with Crippen LogP contribution < -0.4 is 11.1 Å². The molecule has 0 spiro atoms. The van der Waals surface area contributed by atoms with Crippen molar-refractivity contribution < 1.29 is 4.79 Å². The molecule has 0 aromatic heterocycles. The topological polar surface area (TPSA) is 55.1 Å². The second-order valence-electron chi connectivity index (χ2n) is 4.27. The summed E-state index contributed by atoms with van der Waals surface area (Å²) in [5, 5.41) is 3.43. The molecule has 108 valence electrons. The van der Waals surface area contributed by atoms with Crippen molar-refractivity contribution in [3.8, 4) is 0 Å². The lowest BCUT2D eigenvalue weighted by Gasteiger charge is -2.31. The highest BCUT2D eigenvalue weighted by molar-refractivity contribution is 9.10. The molecule has 1 aromatic carbocycles. The van der Waals surface area contributed by atoms with Gasteiger partial charge in [-0.3, -0.25) is 4.79 Å². The summed E-state index contributed by atoms with van der Waals surface area (Å²) in [6.07, 6.45) is 1.58. The van der Waals surface area contributed by atoms with E-state index in [2.05, 4.69) is 21.2 Å². The standard InChI is InChI=1S/C13H18BrClN2O.ClH/c1-3-13(4-2,8-16)17-12(18)10-7-9(14)5-6-11(10)15;/h5-7H,3-4,8,16H2,1-2H3,(H,17,18);1H. The lowest BCUT2D eigenvalue weighted by molar-refractivity contribution is 0.0895. The molecule has 3 N–H and O–H groups in total. The molecule has 1 rings (SSSR count). The van der Waals surface area contributed by atoms with Crippen LogP contribution in [0.25, 0.3) is 0 Å². The van der Waals surface area contributed by atoms with Gasteiger partial charge in [0, 0.05) is 11.0 Å². The molecular weight excluding hydrogens is 351 g/mol. The largest absolute Gasteiger partial charge is 0.345 e. The van der Waals surface area contributed by atoms with E-state index >= 15 is 0 Å². The zero-order valence-corrected chi connectivity index (χ0v) is 14.2. The van der Waals surface area contributed by atoms with E-state index in [4.69, 9.17) is 17.3 Å². The molecule has 0 unspecified atom stereocenters. The smallest absolute Gasteiger partial charge is 0.253 e. The van der Waals surface area contributed by atoms with Gasteiger partial charge in [-0.15, -0.1) is 12.4 Å². The molecule has 1 amide bonds. The van der Waals surface area contributed by atoms with Gasteiger partial charge in [0.2, 0.25) is 0 Å². The van der Waals surface area contributed by atoms with Crippen molar-refractivity contribution in [1.29, 1.82) is 0 Å². The second kappa shape index (κ2) is 8.10. The first-order valence-corrected chi connectivity index (χ1v) is 7.12. The first-order chi connectivity index (χ1) is 8.48. The number of carbonyl (C=O) groups excluding carboxylic acids is 1. The summed E-state index contributed by atoms with van der Waals surface area (Å²) < 4.78 is 0.823. The zero-order chi connectivity index (χ0) is 13.8. The maximum Gasteiger partial charge on any atom is 0.253 e. The van der Waals surface area contributed by atoms with Gasteiger partial charge in [-0.05, 0) is 31.0 Å². The number of nitrogens with two attached hydrogens (primary N) is 1. The van der Waals surface area contributed by atoms with E-state index in [1.54, 1.807) is 18.2 Å². The molecule has 0 aliphatic heterocycles. The Morgan fingerprint density at radius 2 is 2.00 bits per heavy atom. The Balaban J connectivity index is 0.00000324. The predicted octanol–water partition coefficient (Wildman–Crippen LogP) is 3.77. The van der Waals surface area contributed by atoms with Crippen molar-refractivity contribution in [3.05, 3.63) is 33.3 Å². The number of hydrogen-bond donors (Lipinski definition) is 2. The second-order valence-corrected chi connectivity index (χ2v) is 5.59. The van der Waals surface area contributed by atoms with Crippen LogP contribution in [0.2, 0.25) is 5.02 Å². The average molecular weight is 370 g/mol. The SMILES string of the molecule is CCC(CC)(CN)NC(=O)c1cc(Br)ccc1Cl.Cl. The van der Waals surface area contributed by atoms with E-state index in [1.807, 2.05) is 13.8 Å². The number of halogens is 3. The molecule has 0 saturated carbocycles. The van der Waals surface area contributed by atoms with E-state index in [-0.39, 0.29) is 23.9 Å². The third kappa shape index (κ3) is 4.63. The molecule has 0 aliphatic rings. The van der Waals surface area contributed by atoms with Crippen molar-refractivity contribution in [2.45, 2.75) is 32.2 Å². The summed E-state index contributed by atoms with van der Waals surface area (Å²) in [4.78, 5) is 12.2. The van der Waals surface area contributed by atoms with Crippen LogP contribution in [-0.4, -0.2) is 18.0 Å². The fourth-order valence-electron chi connectivity index (χ4n) is 1.75. The molecule has 0 aliphatic carbocycles. The molecule has 0 bridgehead atoms. The van der Waals surface area contributed by atoms with Crippen LogP contribution in [0, 0.1) is 0 Å². The monoisotopic (exact) mass is 368 g/mol. The first kappa shape index (κ1) is 18.7. The molecule has 0 heterocycles. The highest BCUT2D eigenvalue weighted by Crippen LogP contribution is 2.22. The Kier molecular flexibility index (Phi) is 7.98. The summed E-state index contributed by atoms with van der Waals surface area (Å²) >= 11 is 9.37. The third-order valence-electron chi connectivity index (χ3n) is 3.30. The van der Waals surface area contributed by atoms with Gasteiger partial charge in [-0.1, -0.05) is 41.4 Å². The lowest BCUT2D eigenvalue weighted by atomic mass is 9.92. The van der Waals surface area contributed by atoms with Crippen LogP contribution in [0.3, 0.4) is 0 Å². The molecule has 6 heteroatoms. The molecule has 19 heavy (non-hydrogen) atoms. The minimum Gasteiger partial charge on any atom is -0.345 e. The Morgan fingerprint density at radius 3 is 2.47 bits per heavy atom. The number of rotatable bonds is 5. The van der Waals surface area contributed by atoms with Crippen molar-refractivity contribution in [2.24, 2.45) is 5.73 Å². The maximum atomic E-state index is 12.2. The Bertz CT molecular complexity index is 428. The minimum absolute atomic E-state index is 0. The van der Waals surface area contributed by atoms with Crippen molar-refractivity contribution in [1.82, 2.24) is 5.32 Å². The Labute approximate surface area is 133 Å². The predicted molar refractivity (Wildman–Crippen MR) is 86.2 cm³/mol. The molecule has 0 saturated heterocycles. The third-order valence-corrected chi connectivity index (χ3v) is 4.12. The molecule has 1 aromatic rings. The lowest BCUT2D eigenvalue weighted by Crippen LogP contribution is -2.52. The van der Waals surface area contributed by atoms with Crippen LogP contribution in [0.15, 0.2) is 22.7 Å². The van der Waals surface area contributed by atoms with Gasteiger partial charge in [-0.25, -0.2) is 0 Å². The molecule has 0 radical (unpaired) electrons. The quantitative estimate of drug-likeness (QED) is 0.829. The van der Waals surface area contributed by atoms with Crippen LogP contribution in [0.5, 0.6) is 0 Å². The van der Waals surface area contributed by atoms with Crippen LogP contribution in [0.4, 0.5) is 0 Å². The van der Waals surface area contributed by atoms with E-state index in [1.165, 1.54) is 0 Å². The minimum atomic E-state index is -0.358. The van der Waals surface area contributed by atoms with Gasteiger partial charge < -0.3 is 11.1 Å². The van der Waals surface area contributed by atoms with Gasteiger partial charge in [-0.2, -0.15) is 0 Å². The number of nitrogens with one attached hydrogen (secondary N) is 1. The average Bonchev–Trinajstić information content (AvgIpc) is 2.38. The fraction of sp³-hybridized carbons (Fsp3) is 0.462. The number of benzene rings is 1. The Morgan fingerprint density at radius 1 is 1.42 bits per heavy atom. The number of carbonyl (C=O) groups is 1. The highest BCUT2D eigenvalue weighted by atomic mass is 79.9. The summed E-state index contributed by atoms with van der Waals surface area (Å²) in [5.74, 6) is -0.185. The fourth-order valence-corrected chi connectivity index (χ4v) is 2.31. The van der Waals surface area contributed by atoms with Crippen LogP contribution in [0.1, 0.15) is 37.0 Å². The molecular formula is C13H19BrCl2N2O. The summed E-state index contributed by atoms with van der Waals surface area (Å²) in [6.45, 7) is 4.44. The molecule has 0 atom stereocenters. The van der Waals surface area contributed by atoms with Gasteiger partial charge >= 0.3 is 0 Å². The number of amides is 1. The van der Waals surface area contributed by atoms with E-state index in [0.717, 1.165) is 17.3 Å².